The molecular weight excluding hydrogens is 580 g/mol. The number of ether oxygens (including phenoxy) is 2. The average molecular weight is 608 g/mol. The molecule has 3 aromatic heterocycles. The van der Waals surface area contributed by atoms with Gasteiger partial charge < -0.3 is 19.1 Å². The first-order valence-corrected chi connectivity index (χ1v) is 14.1. The van der Waals surface area contributed by atoms with Crippen molar-refractivity contribution in [2.24, 2.45) is 0 Å². The molecule has 3 aromatic carbocycles. The van der Waals surface area contributed by atoms with Gasteiger partial charge in [0.25, 0.3) is 0 Å². The van der Waals surface area contributed by atoms with Crippen molar-refractivity contribution in [1.29, 1.82) is 0 Å². The van der Waals surface area contributed by atoms with Crippen LogP contribution >= 0.6 is 0 Å². The van der Waals surface area contributed by atoms with Gasteiger partial charge >= 0.3 is 5.97 Å². The highest BCUT2D eigenvalue weighted by atomic mass is 19.1. The van der Waals surface area contributed by atoms with E-state index in [1.54, 1.807) is 54.4 Å². The zero-order chi connectivity index (χ0) is 31.3. The summed E-state index contributed by atoms with van der Waals surface area (Å²) in [4.78, 5) is 29.1. The van der Waals surface area contributed by atoms with E-state index < -0.39 is 17.6 Å². The first kappa shape index (κ1) is 29.5. The van der Waals surface area contributed by atoms with Crippen LogP contribution in [-0.2, 0) is 24.3 Å². The predicted molar refractivity (Wildman–Crippen MR) is 163 cm³/mol. The SMILES string of the molecule is COCCn1c(Cc2cc(F)c(-c3cccc(OCc4cccc(-c5ncccn5)c4)n3)cc2F)nc2ccc(C(=O)O)cc21. The molecule has 0 bridgehead atoms. The number of hydrogen-bond acceptors (Lipinski definition) is 7. The van der Waals surface area contributed by atoms with Crippen LogP contribution < -0.4 is 4.74 Å². The van der Waals surface area contributed by atoms with Crippen LogP contribution in [0.5, 0.6) is 5.88 Å². The number of fused-ring (bicyclic) bond motifs is 1. The van der Waals surface area contributed by atoms with E-state index in [0.29, 0.717) is 35.8 Å². The Bertz CT molecular complexity index is 2000. The molecule has 0 spiro atoms. The Kier molecular flexibility index (Phi) is 8.52. The van der Waals surface area contributed by atoms with Crippen LogP contribution in [0.3, 0.4) is 0 Å². The lowest BCUT2D eigenvalue weighted by molar-refractivity contribution is 0.0697. The second kappa shape index (κ2) is 13.0. The van der Waals surface area contributed by atoms with E-state index in [9.17, 15) is 9.90 Å². The van der Waals surface area contributed by atoms with Crippen LogP contribution in [0.15, 0.2) is 91.3 Å². The van der Waals surface area contributed by atoms with E-state index in [4.69, 9.17) is 9.47 Å². The summed E-state index contributed by atoms with van der Waals surface area (Å²) in [6.45, 7) is 0.877. The molecule has 11 heteroatoms. The number of benzene rings is 3. The second-order valence-corrected chi connectivity index (χ2v) is 10.2. The van der Waals surface area contributed by atoms with Crippen molar-refractivity contribution in [3.63, 3.8) is 0 Å². The molecule has 6 rings (SSSR count). The van der Waals surface area contributed by atoms with Crippen molar-refractivity contribution in [3.05, 3.63) is 125 Å². The summed E-state index contributed by atoms with van der Waals surface area (Å²) in [5.74, 6) is -1.05. The first-order chi connectivity index (χ1) is 21.9. The number of aromatic carboxylic acids is 1. The molecule has 226 valence electrons. The number of methoxy groups -OCH3 is 1. The largest absolute Gasteiger partial charge is 0.478 e. The molecule has 0 radical (unpaired) electrons. The summed E-state index contributed by atoms with van der Waals surface area (Å²) >= 11 is 0. The standard InChI is InChI=1S/C34H27F2N5O4/c1-44-14-13-41-30-17-23(34(42)43)9-10-29(30)39-31(41)18-24-16-27(36)25(19-26(24)35)28-7-3-8-32(40-28)45-20-21-5-2-6-22(15-21)33-37-11-4-12-38-33/h2-12,15-17,19H,13-14,18,20H2,1H3,(H,42,43). The van der Waals surface area contributed by atoms with E-state index in [1.165, 1.54) is 12.1 Å². The highest BCUT2D eigenvalue weighted by molar-refractivity contribution is 5.92. The first-order valence-electron chi connectivity index (χ1n) is 14.1. The maximum Gasteiger partial charge on any atom is 0.335 e. The summed E-state index contributed by atoms with van der Waals surface area (Å²) in [6, 6.07) is 21.1. The number of nitrogens with zero attached hydrogens (tertiary/aromatic N) is 5. The smallest absolute Gasteiger partial charge is 0.335 e. The average Bonchev–Trinajstić information content (AvgIpc) is 3.40. The van der Waals surface area contributed by atoms with Crippen molar-refractivity contribution in [2.45, 2.75) is 19.6 Å². The van der Waals surface area contributed by atoms with Gasteiger partial charge in [-0.1, -0.05) is 24.3 Å². The Labute approximate surface area is 256 Å². The molecule has 0 aliphatic heterocycles. The number of carboxylic acid groups (broad SMARTS) is 1. The van der Waals surface area contributed by atoms with Gasteiger partial charge in [-0.25, -0.2) is 33.5 Å². The monoisotopic (exact) mass is 607 g/mol. The zero-order valence-corrected chi connectivity index (χ0v) is 24.2. The van der Waals surface area contributed by atoms with E-state index in [2.05, 4.69) is 19.9 Å². The molecule has 3 heterocycles. The zero-order valence-electron chi connectivity index (χ0n) is 24.2. The Morgan fingerprint density at radius 3 is 2.53 bits per heavy atom. The van der Waals surface area contributed by atoms with E-state index in [1.807, 2.05) is 24.3 Å². The number of rotatable bonds is 11. The van der Waals surface area contributed by atoms with Crippen molar-refractivity contribution in [2.75, 3.05) is 13.7 Å². The molecular formula is C34H27F2N5O4. The second-order valence-electron chi connectivity index (χ2n) is 10.2. The third kappa shape index (κ3) is 6.53. The molecule has 0 amide bonds. The highest BCUT2D eigenvalue weighted by Gasteiger charge is 2.18. The molecule has 0 atom stereocenters. The molecule has 0 unspecified atom stereocenters. The van der Waals surface area contributed by atoms with Crippen molar-refractivity contribution in [3.8, 4) is 28.5 Å². The minimum Gasteiger partial charge on any atom is -0.478 e. The van der Waals surface area contributed by atoms with Gasteiger partial charge in [0.1, 0.15) is 24.1 Å². The Hall–Kier alpha value is -5.55. The summed E-state index contributed by atoms with van der Waals surface area (Å²) in [6.07, 6.45) is 3.33. The van der Waals surface area contributed by atoms with Gasteiger partial charge in [0.15, 0.2) is 5.82 Å². The number of halogens is 2. The van der Waals surface area contributed by atoms with Crippen molar-refractivity contribution in [1.82, 2.24) is 24.5 Å². The maximum atomic E-state index is 15.5. The summed E-state index contributed by atoms with van der Waals surface area (Å²) in [7, 11) is 1.54. The van der Waals surface area contributed by atoms with E-state index in [0.717, 1.165) is 23.3 Å². The van der Waals surface area contributed by atoms with Crippen LogP contribution in [0.25, 0.3) is 33.7 Å². The summed E-state index contributed by atoms with van der Waals surface area (Å²) in [5, 5.41) is 9.43. The van der Waals surface area contributed by atoms with E-state index in [-0.39, 0.29) is 41.3 Å². The molecule has 1 N–H and O–H groups in total. The lowest BCUT2D eigenvalue weighted by Crippen LogP contribution is -2.10. The Morgan fingerprint density at radius 1 is 0.911 bits per heavy atom. The summed E-state index contributed by atoms with van der Waals surface area (Å²) in [5.41, 5.74) is 3.23. The lowest BCUT2D eigenvalue weighted by atomic mass is 10.0. The number of carbonyl (C=O) groups is 1. The Morgan fingerprint density at radius 2 is 1.73 bits per heavy atom. The third-order valence-corrected chi connectivity index (χ3v) is 7.22. The fraction of sp³-hybridized carbons (Fsp3) is 0.147. The van der Waals surface area contributed by atoms with Gasteiger partial charge in [-0.15, -0.1) is 0 Å². The lowest BCUT2D eigenvalue weighted by Gasteiger charge is -2.12. The number of aromatic nitrogens is 5. The molecule has 0 fully saturated rings. The molecule has 0 aliphatic rings. The molecule has 0 aliphatic carbocycles. The van der Waals surface area contributed by atoms with Gasteiger partial charge in [-0.3, -0.25) is 0 Å². The highest BCUT2D eigenvalue weighted by Crippen LogP contribution is 2.28. The number of pyridine rings is 1. The van der Waals surface area contributed by atoms with Crippen LogP contribution in [0.4, 0.5) is 8.78 Å². The summed E-state index contributed by atoms with van der Waals surface area (Å²) < 4.78 is 43.8. The molecule has 9 nitrogen and oxygen atoms in total. The van der Waals surface area contributed by atoms with Crippen LogP contribution in [-0.4, -0.2) is 49.3 Å². The fourth-order valence-electron chi connectivity index (χ4n) is 5.01. The normalized spacial score (nSPS) is 11.2. The maximum absolute atomic E-state index is 15.5. The van der Waals surface area contributed by atoms with Crippen LogP contribution in [0, 0.1) is 11.6 Å². The van der Waals surface area contributed by atoms with Gasteiger partial charge in [-0.2, -0.15) is 0 Å². The minimum absolute atomic E-state index is 0.0103. The van der Waals surface area contributed by atoms with Gasteiger partial charge in [0.05, 0.1) is 28.9 Å². The predicted octanol–water partition coefficient (Wildman–Crippen LogP) is 6.35. The van der Waals surface area contributed by atoms with Crippen molar-refractivity contribution < 1.29 is 28.2 Å². The van der Waals surface area contributed by atoms with Crippen LogP contribution in [0.2, 0.25) is 0 Å². The number of carboxylic acids is 1. The minimum atomic E-state index is -1.07. The fourth-order valence-corrected chi connectivity index (χ4v) is 5.01. The van der Waals surface area contributed by atoms with Crippen LogP contribution in [0.1, 0.15) is 27.3 Å². The van der Waals surface area contributed by atoms with E-state index >= 15 is 8.78 Å². The van der Waals surface area contributed by atoms with Crippen molar-refractivity contribution >= 4 is 17.0 Å². The molecule has 45 heavy (non-hydrogen) atoms. The van der Waals surface area contributed by atoms with Gasteiger partial charge in [0, 0.05) is 49.7 Å². The molecule has 0 saturated carbocycles. The number of imidazole rings is 1. The number of hydrogen-bond donors (Lipinski definition) is 1. The molecule has 6 aromatic rings. The molecule has 0 saturated heterocycles. The topological polar surface area (TPSA) is 112 Å². The third-order valence-electron chi connectivity index (χ3n) is 7.22. The quantitative estimate of drug-likeness (QED) is 0.181. The Balaban J connectivity index is 1.23. The van der Waals surface area contributed by atoms with Gasteiger partial charge in [-0.05, 0) is 59.7 Å². The van der Waals surface area contributed by atoms with Gasteiger partial charge in [0.2, 0.25) is 5.88 Å².